The van der Waals surface area contributed by atoms with Gasteiger partial charge in [-0.3, -0.25) is 4.90 Å². The highest BCUT2D eigenvalue weighted by molar-refractivity contribution is 6.20. The molecule has 0 saturated heterocycles. The van der Waals surface area contributed by atoms with E-state index in [1.54, 1.807) is 0 Å². The minimum atomic E-state index is 0.260. The van der Waals surface area contributed by atoms with Gasteiger partial charge in [0.2, 0.25) is 0 Å². The zero-order chi connectivity index (χ0) is 8.27. The molecule has 0 heterocycles. The molecular weight excluding hydrogens is 158 g/mol. The molecule has 0 aromatic heterocycles. The molecule has 0 aliphatic heterocycles. The van der Waals surface area contributed by atoms with Crippen molar-refractivity contribution in [3.05, 3.63) is 0 Å². The van der Waals surface area contributed by atoms with Crippen LogP contribution in [0.5, 0.6) is 0 Å². The summed E-state index contributed by atoms with van der Waals surface area (Å²) in [6.07, 6.45) is 6.82. The zero-order valence-corrected chi connectivity index (χ0v) is 8.27. The lowest BCUT2D eigenvalue weighted by molar-refractivity contribution is 0.232. The van der Waals surface area contributed by atoms with Crippen LogP contribution in [0.1, 0.15) is 32.1 Å². The highest BCUT2D eigenvalue weighted by Gasteiger charge is 2.22. The van der Waals surface area contributed by atoms with Crippen molar-refractivity contribution in [1.82, 2.24) is 4.90 Å². The Morgan fingerprint density at radius 2 is 1.73 bits per heavy atom. The third-order valence-electron chi connectivity index (χ3n) is 2.53. The van der Waals surface area contributed by atoms with Crippen molar-refractivity contribution in [1.29, 1.82) is 0 Å². The van der Waals surface area contributed by atoms with Gasteiger partial charge in [-0.1, -0.05) is 19.3 Å². The predicted octanol–water partition coefficient (Wildman–Crippen LogP) is 2.69. The smallest absolute Gasteiger partial charge is 0.0873 e. The summed E-state index contributed by atoms with van der Waals surface area (Å²) >= 11 is 6.22. The molecule has 11 heavy (non-hydrogen) atoms. The van der Waals surface area contributed by atoms with Gasteiger partial charge >= 0.3 is 0 Å². The first-order valence-corrected chi connectivity index (χ1v) is 4.96. The fourth-order valence-corrected chi connectivity index (χ4v) is 2.08. The van der Waals surface area contributed by atoms with Gasteiger partial charge in [-0.05, 0) is 32.9 Å². The molecule has 0 amide bonds. The average Bonchev–Trinajstić information content (AvgIpc) is 2.05. The summed E-state index contributed by atoms with van der Waals surface area (Å²) in [4.78, 5) is 2.12. The molecule has 1 unspecified atom stereocenters. The summed E-state index contributed by atoms with van der Waals surface area (Å²) < 4.78 is 0. The van der Waals surface area contributed by atoms with E-state index in [9.17, 15) is 0 Å². The molecule has 1 nitrogen and oxygen atoms in total. The Hall–Kier alpha value is 0.250. The molecule has 0 aromatic carbocycles. The average molecular weight is 176 g/mol. The number of hydrogen-bond donors (Lipinski definition) is 0. The minimum Gasteiger partial charge on any atom is -0.293 e. The van der Waals surface area contributed by atoms with Gasteiger partial charge in [-0.25, -0.2) is 0 Å². The molecule has 1 aliphatic rings. The van der Waals surface area contributed by atoms with E-state index in [-0.39, 0.29) is 5.50 Å². The summed E-state index contributed by atoms with van der Waals surface area (Å²) in [6, 6.07) is 0. The van der Waals surface area contributed by atoms with Crippen LogP contribution in [0.3, 0.4) is 0 Å². The molecule has 0 bridgehead atoms. The van der Waals surface area contributed by atoms with Gasteiger partial charge in [0.05, 0.1) is 5.50 Å². The quantitative estimate of drug-likeness (QED) is 0.461. The summed E-state index contributed by atoms with van der Waals surface area (Å²) in [7, 11) is 4.12. The third-order valence-corrected chi connectivity index (χ3v) is 3.28. The lowest BCUT2D eigenvalue weighted by Crippen LogP contribution is -2.31. The second kappa shape index (κ2) is 4.32. The molecule has 1 saturated carbocycles. The van der Waals surface area contributed by atoms with Crippen LogP contribution in [0.4, 0.5) is 0 Å². The van der Waals surface area contributed by atoms with Crippen molar-refractivity contribution in [2.24, 2.45) is 5.92 Å². The SMILES string of the molecule is CN(C)C(Cl)C1CCCCC1. The first kappa shape index (κ1) is 9.34. The number of alkyl halides is 1. The minimum absolute atomic E-state index is 0.260. The molecule has 66 valence electrons. The number of hydrogen-bond acceptors (Lipinski definition) is 1. The van der Waals surface area contributed by atoms with E-state index < -0.39 is 0 Å². The van der Waals surface area contributed by atoms with Gasteiger partial charge in [0.25, 0.3) is 0 Å². The number of nitrogens with zero attached hydrogens (tertiary/aromatic N) is 1. The molecule has 1 fully saturated rings. The third kappa shape index (κ3) is 2.64. The largest absolute Gasteiger partial charge is 0.293 e. The zero-order valence-electron chi connectivity index (χ0n) is 7.52. The van der Waals surface area contributed by atoms with Crippen LogP contribution < -0.4 is 0 Å². The normalized spacial score (nSPS) is 24.0. The van der Waals surface area contributed by atoms with E-state index in [2.05, 4.69) is 19.0 Å². The molecular formula is C9H18ClN. The Balaban J connectivity index is 2.32. The first-order chi connectivity index (χ1) is 5.22. The molecule has 1 aliphatic carbocycles. The van der Waals surface area contributed by atoms with E-state index in [4.69, 9.17) is 11.6 Å². The lowest BCUT2D eigenvalue weighted by atomic mass is 9.89. The maximum atomic E-state index is 6.22. The van der Waals surface area contributed by atoms with Crippen LogP contribution >= 0.6 is 11.6 Å². The maximum Gasteiger partial charge on any atom is 0.0873 e. The Kier molecular flexibility index (Phi) is 3.67. The van der Waals surface area contributed by atoms with Crippen molar-refractivity contribution in [3.63, 3.8) is 0 Å². The predicted molar refractivity (Wildman–Crippen MR) is 49.9 cm³/mol. The van der Waals surface area contributed by atoms with Crippen molar-refractivity contribution in [2.45, 2.75) is 37.6 Å². The van der Waals surface area contributed by atoms with Crippen LogP contribution in [-0.2, 0) is 0 Å². The monoisotopic (exact) mass is 175 g/mol. The molecule has 1 atom stereocenters. The van der Waals surface area contributed by atoms with E-state index in [1.807, 2.05) is 0 Å². The van der Waals surface area contributed by atoms with Crippen molar-refractivity contribution in [2.75, 3.05) is 14.1 Å². The van der Waals surface area contributed by atoms with Gasteiger partial charge in [0.15, 0.2) is 0 Å². The molecule has 1 rings (SSSR count). The Morgan fingerprint density at radius 3 is 2.18 bits per heavy atom. The topological polar surface area (TPSA) is 3.24 Å². The van der Waals surface area contributed by atoms with E-state index in [0.29, 0.717) is 0 Å². The van der Waals surface area contributed by atoms with Gasteiger partial charge in [0, 0.05) is 0 Å². The Bertz CT molecular complexity index is 108. The molecule has 0 spiro atoms. The molecule has 2 heteroatoms. The number of halogens is 1. The first-order valence-electron chi connectivity index (χ1n) is 4.52. The second-order valence-corrected chi connectivity index (χ2v) is 4.18. The fraction of sp³-hybridized carbons (Fsp3) is 1.00. The van der Waals surface area contributed by atoms with E-state index in [1.165, 1.54) is 32.1 Å². The second-order valence-electron chi connectivity index (χ2n) is 3.73. The fourth-order valence-electron chi connectivity index (χ4n) is 1.83. The standard InChI is InChI=1S/C9H18ClN/c1-11(2)9(10)8-6-4-3-5-7-8/h8-9H,3-7H2,1-2H3. The van der Waals surface area contributed by atoms with Crippen LogP contribution in [0, 0.1) is 5.92 Å². The van der Waals surface area contributed by atoms with Crippen molar-refractivity contribution in [3.8, 4) is 0 Å². The van der Waals surface area contributed by atoms with Gasteiger partial charge in [-0.15, -0.1) is 11.6 Å². The summed E-state index contributed by atoms with van der Waals surface area (Å²) in [5.74, 6) is 0.736. The van der Waals surface area contributed by atoms with Gasteiger partial charge in [-0.2, -0.15) is 0 Å². The van der Waals surface area contributed by atoms with E-state index >= 15 is 0 Å². The summed E-state index contributed by atoms with van der Waals surface area (Å²) in [5.41, 5.74) is 0.260. The molecule has 0 N–H and O–H groups in total. The lowest BCUT2D eigenvalue weighted by Gasteiger charge is -2.30. The Morgan fingerprint density at radius 1 is 1.18 bits per heavy atom. The summed E-state index contributed by atoms with van der Waals surface area (Å²) in [6.45, 7) is 0. The van der Waals surface area contributed by atoms with Crippen LogP contribution in [0.25, 0.3) is 0 Å². The Labute approximate surface area is 74.7 Å². The van der Waals surface area contributed by atoms with Crippen molar-refractivity contribution >= 4 is 11.6 Å². The molecule has 0 aromatic rings. The van der Waals surface area contributed by atoms with Gasteiger partial charge in [0.1, 0.15) is 0 Å². The van der Waals surface area contributed by atoms with Crippen LogP contribution in [0.15, 0.2) is 0 Å². The summed E-state index contributed by atoms with van der Waals surface area (Å²) in [5, 5.41) is 0. The van der Waals surface area contributed by atoms with Crippen LogP contribution in [0.2, 0.25) is 0 Å². The van der Waals surface area contributed by atoms with E-state index in [0.717, 1.165) is 5.92 Å². The highest BCUT2D eigenvalue weighted by Crippen LogP contribution is 2.29. The number of rotatable bonds is 2. The molecule has 0 radical (unpaired) electrons. The highest BCUT2D eigenvalue weighted by atomic mass is 35.5. The van der Waals surface area contributed by atoms with Gasteiger partial charge < -0.3 is 0 Å². The maximum absolute atomic E-state index is 6.22. The van der Waals surface area contributed by atoms with Crippen LogP contribution in [-0.4, -0.2) is 24.5 Å². The van der Waals surface area contributed by atoms with Crippen molar-refractivity contribution < 1.29 is 0 Å².